The third kappa shape index (κ3) is 4.66. The van der Waals surface area contributed by atoms with Crippen LogP contribution >= 0.6 is 27.7 Å². The van der Waals surface area contributed by atoms with Gasteiger partial charge in [0.1, 0.15) is 12.4 Å². The minimum atomic E-state index is -0.293. The molecule has 0 radical (unpaired) electrons. The van der Waals surface area contributed by atoms with Crippen molar-refractivity contribution >= 4 is 44.9 Å². The van der Waals surface area contributed by atoms with Crippen molar-refractivity contribution in [1.82, 2.24) is 4.90 Å². The summed E-state index contributed by atoms with van der Waals surface area (Å²) in [5.41, 5.74) is 2.70. The average molecular weight is 480 g/mol. The largest absolute Gasteiger partial charge is 0.488 e. The molecule has 0 aliphatic carbocycles. The Morgan fingerprint density at radius 1 is 0.900 bits per heavy atom. The Bertz CT molecular complexity index is 1110. The minimum absolute atomic E-state index is 0.232. The molecule has 1 aliphatic heterocycles. The standard InChI is InChI=1S/C24H18BrNO3S/c25-20-12-6-4-11-19(20)15-26-23(27)22(30-24(26)28)14-18-10-5-7-13-21(18)29-16-17-8-2-1-3-9-17/h1-14H,15-16H2. The molecule has 0 bridgehead atoms. The first kappa shape index (κ1) is 20.4. The summed E-state index contributed by atoms with van der Waals surface area (Å²) in [6, 6.07) is 25.0. The van der Waals surface area contributed by atoms with Crippen molar-refractivity contribution in [2.75, 3.05) is 0 Å². The Balaban J connectivity index is 1.53. The van der Waals surface area contributed by atoms with E-state index in [1.807, 2.05) is 78.9 Å². The molecule has 0 aromatic heterocycles. The lowest BCUT2D eigenvalue weighted by Gasteiger charge is -2.13. The first-order chi connectivity index (χ1) is 14.6. The van der Waals surface area contributed by atoms with Crippen molar-refractivity contribution in [2.45, 2.75) is 13.2 Å². The van der Waals surface area contributed by atoms with Crippen LogP contribution in [0.2, 0.25) is 0 Å². The van der Waals surface area contributed by atoms with Gasteiger partial charge in [-0.3, -0.25) is 14.5 Å². The van der Waals surface area contributed by atoms with Crippen LogP contribution in [0.1, 0.15) is 16.7 Å². The zero-order chi connectivity index (χ0) is 20.9. The highest BCUT2D eigenvalue weighted by Crippen LogP contribution is 2.35. The molecule has 1 fully saturated rings. The molecule has 4 rings (SSSR count). The second kappa shape index (κ2) is 9.32. The highest BCUT2D eigenvalue weighted by molar-refractivity contribution is 9.10. The number of carbonyl (C=O) groups is 2. The van der Waals surface area contributed by atoms with Gasteiger partial charge in [0.15, 0.2) is 0 Å². The van der Waals surface area contributed by atoms with Crippen LogP contribution in [0, 0.1) is 0 Å². The normalized spacial score (nSPS) is 15.1. The maximum Gasteiger partial charge on any atom is 0.293 e. The van der Waals surface area contributed by atoms with Crippen LogP contribution in [0.25, 0.3) is 6.08 Å². The molecular formula is C24H18BrNO3S. The van der Waals surface area contributed by atoms with Gasteiger partial charge in [0.25, 0.3) is 11.1 Å². The second-order valence-corrected chi connectivity index (χ2v) is 8.52. The number of hydrogen-bond donors (Lipinski definition) is 0. The highest BCUT2D eigenvalue weighted by atomic mass is 79.9. The van der Waals surface area contributed by atoms with E-state index in [0.717, 1.165) is 32.9 Å². The number of benzene rings is 3. The summed E-state index contributed by atoms with van der Waals surface area (Å²) in [5.74, 6) is 0.373. The van der Waals surface area contributed by atoms with Gasteiger partial charge in [0.05, 0.1) is 11.4 Å². The van der Waals surface area contributed by atoms with Crippen LogP contribution in [-0.4, -0.2) is 16.0 Å². The number of amides is 2. The smallest absolute Gasteiger partial charge is 0.293 e. The van der Waals surface area contributed by atoms with Crippen LogP contribution in [0.4, 0.5) is 4.79 Å². The lowest BCUT2D eigenvalue weighted by molar-refractivity contribution is -0.123. The molecule has 0 atom stereocenters. The van der Waals surface area contributed by atoms with Gasteiger partial charge in [0, 0.05) is 10.0 Å². The van der Waals surface area contributed by atoms with Gasteiger partial charge < -0.3 is 4.74 Å². The van der Waals surface area contributed by atoms with E-state index in [2.05, 4.69) is 15.9 Å². The Kier molecular flexibility index (Phi) is 6.35. The van der Waals surface area contributed by atoms with Crippen LogP contribution in [0.15, 0.2) is 88.2 Å². The Morgan fingerprint density at radius 3 is 2.40 bits per heavy atom. The number of rotatable bonds is 6. The number of hydrogen-bond acceptors (Lipinski definition) is 4. The Labute approximate surface area is 187 Å². The monoisotopic (exact) mass is 479 g/mol. The first-order valence-electron chi connectivity index (χ1n) is 9.36. The average Bonchev–Trinajstić information content (AvgIpc) is 3.03. The van der Waals surface area contributed by atoms with Crippen molar-refractivity contribution in [1.29, 1.82) is 0 Å². The highest BCUT2D eigenvalue weighted by Gasteiger charge is 2.35. The van der Waals surface area contributed by atoms with Gasteiger partial charge in [0.2, 0.25) is 0 Å². The van der Waals surface area contributed by atoms with Gasteiger partial charge in [-0.1, -0.05) is 82.7 Å². The lowest BCUT2D eigenvalue weighted by Crippen LogP contribution is -2.27. The minimum Gasteiger partial charge on any atom is -0.488 e. The van der Waals surface area contributed by atoms with Gasteiger partial charge in [-0.05, 0) is 41.1 Å². The number of thioether (sulfide) groups is 1. The summed E-state index contributed by atoms with van der Waals surface area (Å²) in [6.45, 7) is 0.658. The third-order valence-corrected chi connectivity index (χ3v) is 6.28. The number of carbonyl (C=O) groups excluding carboxylic acids is 2. The fourth-order valence-electron chi connectivity index (χ4n) is 3.04. The van der Waals surface area contributed by atoms with E-state index in [4.69, 9.17) is 4.74 Å². The fraction of sp³-hybridized carbons (Fsp3) is 0.0833. The van der Waals surface area contributed by atoms with E-state index in [1.165, 1.54) is 4.90 Å². The predicted octanol–water partition coefficient (Wildman–Crippen LogP) is 6.26. The summed E-state index contributed by atoms with van der Waals surface area (Å²) in [5, 5.41) is -0.273. The Morgan fingerprint density at radius 2 is 1.60 bits per heavy atom. The number of nitrogens with zero attached hydrogens (tertiary/aromatic N) is 1. The first-order valence-corrected chi connectivity index (χ1v) is 11.0. The molecule has 3 aromatic carbocycles. The zero-order valence-corrected chi connectivity index (χ0v) is 18.4. The molecular weight excluding hydrogens is 462 g/mol. The summed E-state index contributed by atoms with van der Waals surface area (Å²) in [4.78, 5) is 27.0. The number of ether oxygens (including phenoxy) is 1. The molecule has 4 nitrogen and oxygen atoms in total. The van der Waals surface area contributed by atoms with Crippen molar-refractivity contribution in [3.8, 4) is 5.75 Å². The molecule has 1 aliphatic rings. The van der Waals surface area contributed by atoms with Crippen molar-refractivity contribution in [2.24, 2.45) is 0 Å². The molecule has 30 heavy (non-hydrogen) atoms. The number of halogens is 1. The topological polar surface area (TPSA) is 46.6 Å². The quantitative estimate of drug-likeness (QED) is 0.391. The molecule has 1 saturated heterocycles. The van der Waals surface area contributed by atoms with Crippen LogP contribution in [-0.2, 0) is 17.9 Å². The summed E-state index contributed by atoms with van der Waals surface area (Å²) in [6.07, 6.45) is 1.73. The maximum absolute atomic E-state index is 12.9. The van der Waals surface area contributed by atoms with E-state index in [0.29, 0.717) is 17.3 Å². The zero-order valence-electron chi connectivity index (χ0n) is 16.0. The maximum atomic E-state index is 12.9. The molecule has 150 valence electrons. The summed E-state index contributed by atoms with van der Waals surface area (Å²) < 4.78 is 6.83. The molecule has 3 aromatic rings. The molecule has 1 heterocycles. The summed E-state index contributed by atoms with van der Waals surface area (Å²) in [7, 11) is 0. The van der Waals surface area contributed by atoms with E-state index in [-0.39, 0.29) is 17.7 Å². The molecule has 0 saturated carbocycles. The van der Waals surface area contributed by atoms with Crippen LogP contribution in [0.5, 0.6) is 5.75 Å². The Hall–Kier alpha value is -2.83. The number of para-hydroxylation sites is 1. The third-order valence-electron chi connectivity index (χ3n) is 4.60. The van der Waals surface area contributed by atoms with Crippen molar-refractivity contribution in [3.63, 3.8) is 0 Å². The molecule has 6 heteroatoms. The number of imide groups is 1. The molecule has 2 amide bonds. The summed E-state index contributed by atoms with van der Waals surface area (Å²) >= 11 is 4.42. The van der Waals surface area contributed by atoms with Crippen LogP contribution in [0.3, 0.4) is 0 Å². The van der Waals surface area contributed by atoms with Gasteiger partial charge >= 0.3 is 0 Å². The fourth-order valence-corrected chi connectivity index (χ4v) is 4.28. The lowest BCUT2D eigenvalue weighted by atomic mass is 10.1. The van der Waals surface area contributed by atoms with Gasteiger partial charge in [-0.25, -0.2) is 0 Å². The van der Waals surface area contributed by atoms with Gasteiger partial charge in [-0.15, -0.1) is 0 Å². The van der Waals surface area contributed by atoms with Crippen LogP contribution < -0.4 is 4.74 Å². The predicted molar refractivity (Wildman–Crippen MR) is 123 cm³/mol. The van der Waals surface area contributed by atoms with E-state index in [1.54, 1.807) is 6.08 Å². The van der Waals surface area contributed by atoms with E-state index < -0.39 is 0 Å². The molecule has 0 spiro atoms. The van der Waals surface area contributed by atoms with Crippen molar-refractivity contribution in [3.05, 3.63) is 105 Å². The van der Waals surface area contributed by atoms with E-state index in [9.17, 15) is 9.59 Å². The molecule has 0 N–H and O–H groups in total. The SMILES string of the molecule is O=C1SC(=Cc2ccccc2OCc2ccccc2)C(=O)N1Cc1ccccc1Br. The molecule has 0 unspecified atom stereocenters. The second-order valence-electron chi connectivity index (χ2n) is 6.67. The van der Waals surface area contributed by atoms with E-state index >= 15 is 0 Å². The van der Waals surface area contributed by atoms with Gasteiger partial charge in [-0.2, -0.15) is 0 Å². The van der Waals surface area contributed by atoms with Crippen molar-refractivity contribution < 1.29 is 14.3 Å².